The average molecular weight is 267 g/mol. The maximum Gasteiger partial charge on any atom is 0.320 e. The van der Waals surface area contributed by atoms with E-state index < -0.39 is 0 Å². The number of morpholine rings is 1. The van der Waals surface area contributed by atoms with Crippen molar-refractivity contribution >= 4 is 6.03 Å². The van der Waals surface area contributed by atoms with Crippen molar-refractivity contribution in [1.29, 1.82) is 0 Å². The molecule has 0 aliphatic carbocycles. The minimum Gasteiger partial charge on any atom is -0.378 e. The fourth-order valence-corrected chi connectivity index (χ4v) is 3.66. The van der Waals surface area contributed by atoms with Gasteiger partial charge in [-0.1, -0.05) is 0 Å². The summed E-state index contributed by atoms with van der Waals surface area (Å²) in [6.45, 7) is 6.05. The molecule has 3 heterocycles. The van der Waals surface area contributed by atoms with Crippen LogP contribution in [0.4, 0.5) is 4.79 Å². The molecule has 5 heteroatoms. The molecule has 0 radical (unpaired) electrons. The quantitative estimate of drug-likeness (QED) is 0.768. The Morgan fingerprint density at radius 1 is 1.11 bits per heavy atom. The summed E-state index contributed by atoms with van der Waals surface area (Å²) in [5, 5.41) is 3.48. The van der Waals surface area contributed by atoms with E-state index in [4.69, 9.17) is 4.74 Å². The lowest BCUT2D eigenvalue weighted by molar-refractivity contribution is 0.0390. The molecule has 108 valence electrons. The number of piperidine rings is 1. The van der Waals surface area contributed by atoms with Gasteiger partial charge in [0.15, 0.2) is 0 Å². The zero-order valence-corrected chi connectivity index (χ0v) is 11.6. The minimum absolute atomic E-state index is 0.247. The molecule has 2 atom stereocenters. The Bertz CT molecular complexity index is 312. The van der Waals surface area contributed by atoms with Crippen molar-refractivity contribution in [3.63, 3.8) is 0 Å². The molecule has 0 spiro atoms. The highest BCUT2D eigenvalue weighted by molar-refractivity contribution is 5.75. The molecule has 0 aromatic carbocycles. The summed E-state index contributed by atoms with van der Waals surface area (Å²) >= 11 is 0. The van der Waals surface area contributed by atoms with Crippen molar-refractivity contribution < 1.29 is 9.53 Å². The molecular formula is C14H25N3O2. The van der Waals surface area contributed by atoms with E-state index in [-0.39, 0.29) is 6.03 Å². The number of nitrogens with one attached hydrogen (secondary N) is 1. The van der Waals surface area contributed by atoms with Crippen molar-refractivity contribution in [2.75, 3.05) is 45.9 Å². The average Bonchev–Trinajstić information content (AvgIpc) is 2.98. The lowest BCUT2D eigenvalue weighted by atomic mass is 9.90. The third-order valence-electron chi connectivity index (χ3n) is 4.71. The monoisotopic (exact) mass is 267 g/mol. The van der Waals surface area contributed by atoms with Gasteiger partial charge in [-0.15, -0.1) is 0 Å². The van der Waals surface area contributed by atoms with Crippen molar-refractivity contribution in [2.45, 2.75) is 31.7 Å². The van der Waals surface area contributed by atoms with Crippen LogP contribution in [0.5, 0.6) is 0 Å². The Balaban J connectivity index is 1.62. The Labute approximate surface area is 115 Å². The van der Waals surface area contributed by atoms with E-state index in [9.17, 15) is 4.79 Å². The Hall–Kier alpha value is -0.810. The highest BCUT2D eigenvalue weighted by Gasteiger charge is 2.37. The molecule has 3 aliphatic rings. The molecule has 0 aromatic rings. The standard InChI is InChI=1S/C14H25N3O2/c18-14(16-7-9-19-10-8-16)17-6-2-4-13(17)12-3-1-5-15-11-12/h12-13,15H,1-11H2. The lowest BCUT2D eigenvalue weighted by Crippen LogP contribution is -2.52. The molecule has 19 heavy (non-hydrogen) atoms. The predicted octanol–water partition coefficient (Wildman–Crippen LogP) is 0.903. The molecule has 0 bridgehead atoms. The van der Waals surface area contributed by atoms with Gasteiger partial charge in [0.1, 0.15) is 0 Å². The first-order valence-corrected chi connectivity index (χ1v) is 7.70. The molecular weight excluding hydrogens is 242 g/mol. The van der Waals surface area contributed by atoms with Crippen LogP contribution in [0.3, 0.4) is 0 Å². The van der Waals surface area contributed by atoms with Gasteiger partial charge >= 0.3 is 6.03 Å². The van der Waals surface area contributed by atoms with E-state index in [2.05, 4.69) is 10.2 Å². The van der Waals surface area contributed by atoms with Crippen LogP contribution >= 0.6 is 0 Å². The number of ether oxygens (including phenoxy) is 1. The molecule has 5 nitrogen and oxygen atoms in total. The number of carbonyl (C=O) groups excluding carboxylic acids is 1. The number of amides is 2. The number of urea groups is 1. The first-order chi connectivity index (χ1) is 9.36. The van der Waals surface area contributed by atoms with Gasteiger partial charge in [-0.3, -0.25) is 0 Å². The SMILES string of the molecule is O=C(N1CCOCC1)N1CCCC1C1CCCNC1. The molecule has 3 rings (SSSR count). The molecule has 3 aliphatic heterocycles. The van der Waals surface area contributed by atoms with Gasteiger partial charge in [-0.05, 0) is 44.7 Å². The largest absolute Gasteiger partial charge is 0.378 e. The van der Waals surface area contributed by atoms with E-state index in [0.29, 0.717) is 25.2 Å². The second-order valence-electron chi connectivity index (χ2n) is 5.89. The number of likely N-dealkylation sites (tertiary alicyclic amines) is 1. The van der Waals surface area contributed by atoms with Crippen LogP contribution in [-0.2, 0) is 4.74 Å². The lowest BCUT2D eigenvalue weighted by Gasteiger charge is -2.38. The molecule has 0 aromatic heterocycles. The summed E-state index contributed by atoms with van der Waals surface area (Å²) in [6.07, 6.45) is 4.87. The topological polar surface area (TPSA) is 44.8 Å². The van der Waals surface area contributed by atoms with Gasteiger partial charge < -0.3 is 19.9 Å². The molecule has 2 unspecified atom stereocenters. The number of carbonyl (C=O) groups is 1. The van der Waals surface area contributed by atoms with Crippen molar-refractivity contribution in [3.8, 4) is 0 Å². The highest BCUT2D eigenvalue weighted by Crippen LogP contribution is 2.29. The van der Waals surface area contributed by atoms with Crippen LogP contribution in [0.1, 0.15) is 25.7 Å². The van der Waals surface area contributed by atoms with E-state index in [0.717, 1.165) is 39.1 Å². The third-order valence-corrected chi connectivity index (χ3v) is 4.71. The highest BCUT2D eigenvalue weighted by atomic mass is 16.5. The zero-order valence-electron chi connectivity index (χ0n) is 11.6. The van der Waals surface area contributed by atoms with E-state index >= 15 is 0 Å². The Morgan fingerprint density at radius 2 is 1.95 bits per heavy atom. The van der Waals surface area contributed by atoms with Gasteiger partial charge in [0.2, 0.25) is 0 Å². The van der Waals surface area contributed by atoms with Crippen LogP contribution < -0.4 is 5.32 Å². The van der Waals surface area contributed by atoms with E-state index in [1.807, 2.05) is 4.90 Å². The van der Waals surface area contributed by atoms with Crippen molar-refractivity contribution in [1.82, 2.24) is 15.1 Å². The smallest absolute Gasteiger partial charge is 0.320 e. The summed E-state index contributed by atoms with van der Waals surface area (Å²) in [7, 11) is 0. The van der Waals surface area contributed by atoms with Gasteiger partial charge in [0, 0.05) is 25.7 Å². The van der Waals surface area contributed by atoms with Crippen LogP contribution in [-0.4, -0.2) is 67.8 Å². The second-order valence-corrected chi connectivity index (χ2v) is 5.89. The molecule has 1 N–H and O–H groups in total. The van der Waals surface area contributed by atoms with E-state index in [1.165, 1.54) is 19.3 Å². The van der Waals surface area contributed by atoms with Crippen molar-refractivity contribution in [3.05, 3.63) is 0 Å². The molecule has 2 amide bonds. The Morgan fingerprint density at radius 3 is 2.68 bits per heavy atom. The summed E-state index contributed by atoms with van der Waals surface area (Å²) in [5.74, 6) is 0.654. The number of rotatable bonds is 1. The number of hydrogen-bond donors (Lipinski definition) is 1. The molecule has 3 saturated heterocycles. The summed E-state index contributed by atoms with van der Waals surface area (Å²) in [4.78, 5) is 16.7. The van der Waals surface area contributed by atoms with Crippen LogP contribution in [0.25, 0.3) is 0 Å². The number of hydrogen-bond acceptors (Lipinski definition) is 3. The summed E-state index contributed by atoms with van der Waals surface area (Å²) < 4.78 is 5.33. The van der Waals surface area contributed by atoms with Crippen LogP contribution in [0, 0.1) is 5.92 Å². The fourth-order valence-electron chi connectivity index (χ4n) is 3.66. The first kappa shape index (κ1) is 13.2. The summed E-state index contributed by atoms with van der Waals surface area (Å²) in [6, 6.07) is 0.708. The fraction of sp³-hybridized carbons (Fsp3) is 0.929. The maximum absolute atomic E-state index is 12.6. The van der Waals surface area contributed by atoms with E-state index in [1.54, 1.807) is 0 Å². The third kappa shape index (κ3) is 2.87. The number of nitrogens with zero attached hydrogens (tertiary/aromatic N) is 2. The zero-order chi connectivity index (χ0) is 13.1. The molecule has 3 fully saturated rings. The second kappa shape index (κ2) is 6.09. The van der Waals surface area contributed by atoms with Crippen LogP contribution in [0.15, 0.2) is 0 Å². The normalized spacial score (nSPS) is 32.6. The maximum atomic E-state index is 12.6. The molecule has 0 saturated carbocycles. The summed E-state index contributed by atoms with van der Waals surface area (Å²) in [5.41, 5.74) is 0. The van der Waals surface area contributed by atoms with Gasteiger partial charge in [0.25, 0.3) is 0 Å². The first-order valence-electron chi connectivity index (χ1n) is 7.70. The van der Waals surface area contributed by atoms with Gasteiger partial charge in [-0.2, -0.15) is 0 Å². The van der Waals surface area contributed by atoms with Gasteiger partial charge in [0.05, 0.1) is 13.2 Å². The minimum atomic E-state index is 0.247. The predicted molar refractivity (Wildman–Crippen MR) is 73.1 cm³/mol. The van der Waals surface area contributed by atoms with Crippen LogP contribution in [0.2, 0.25) is 0 Å². The Kier molecular flexibility index (Phi) is 4.23. The van der Waals surface area contributed by atoms with Gasteiger partial charge in [-0.25, -0.2) is 4.79 Å². The van der Waals surface area contributed by atoms with Crippen molar-refractivity contribution in [2.24, 2.45) is 5.92 Å².